The van der Waals surface area contributed by atoms with Gasteiger partial charge in [-0.3, -0.25) is 14.5 Å². The van der Waals surface area contributed by atoms with Crippen LogP contribution < -0.4 is 10.6 Å². The molecular formula is C21H27N3O5. The molecule has 1 saturated heterocycles. The maximum Gasteiger partial charge on any atom is 0.337 e. The lowest BCUT2D eigenvalue weighted by atomic mass is 9.75. The summed E-state index contributed by atoms with van der Waals surface area (Å²) in [4.78, 5) is 50.4. The first-order chi connectivity index (χ1) is 13.8. The number of aryl methyl sites for hydroxylation is 1. The van der Waals surface area contributed by atoms with Gasteiger partial charge in [0.1, 0.15) is 12.1 Å². The van der Waals surface area contributed by atoms with Gasteiger partial charge in [0.05, 0.1) is 12.7 Å². The van der Waals surface area contributed by atoms with E-state index in [0.717, 1.165) is 24.2 Å². The van der Waals surface area contributed by atoms with E-state index in [4.69, 9.17) is 0 Å². The van der Waals surface area contributed by atoms with Crippen LogP contribution in [0.2, 0.25) is 0 Å². The summed E-state index contributed by atoms with van der Waals surface area (Å²) in [5, 5.41) is 5.53. The van der Waals surface area contributed by atoms with Crippen LogP contribution in [0.5, 0.6) is 0 Å². The van der Waals surface area contributed by atoms with Crippen LogP contribution >= 0.6 is 0 Å². The monoisotopic (exact) mass is 401 g/mol. The smallest absolute Gasteiger partial charge is 0.337 e. The third kappa shape index (κ3) is 4.11. The number of nitrogens with zero attached hydrogens (tertiary/aromatic N) is 1. The number of esters is 1. The van der Waals surface area contributed by atoms with Crippen molar-refractivity contribution in [2.24, 2.45) is 5.92 Å². The Kier molecular flexibility index (Phi) is 5.91. The quantitative estimate of drug-likeness (QED) is 0.583. The van der Waals surface area contributed by atoms with Gasteiger partial charge in [-0.05, 0) is 62.3 Å². The lowest BCUT2D eigenvalue weighted by molar-refractivity contribution is -0.135. The SMILES string of the molecule is CCC1CCC2(CC1)NC(=O)N(CC(=O)Nc1ccc(C(=O)OC)cc1C)C2=O. The maximum absolute atomic E-state index is 12.9. The number of amides is 4. The second-order valence-electron chi connectivity index (χ2n) is 7.82. The second kappa shape index (κ2) is 8.23. The van der Waals surface area contributed by atoms with Gasteiger partial charge in [-0.2, -0.15) is 0 Å². The van der Waals surface area contributed by atoms with Crippen molar-refractivity contribution in [3.8, 4) is 0 Å². The molecule has 3 rings (SSSR count). The van der Waals surface area contributed by atoms with Crippen molar-refractivity contribution >= 4 is 29.5 Å². The molecule has 0 bridgehead atoms. The zero-order valence-corrected chi connectivity index (χ0v) is 17.0. The molecule has 4 amide bonds. The molecule has 156 valence electrons. The number of benzene rings is 1. The van der Waals surface area contributed by atoms with Crippen molar-refractivity contribution in [1.29, 1.82) is 0 Å². The van der Waals surface area contributed by atoms with Gasteiger partial charge in [-0.25, -0.2) is 9.59 Å². The summed E-state index contributed by atoms with van der Waals surface area (Å²) < 4.78 is 4.68. The van der Waals surface area contributed by atoms with Gasteiger partial charge < -0.3 is 15.4 Å². The Balaban J connectivity index is 1.64. The van der Waals surface area contributed by atoms with Crippen molar-refractivity contribution in [3.05, 3.63) is 29.3 Å². The first-order valence-electron chi connectivity index (χ1n) is 9.92. The van der Waals surface area contributed by atoms with E-state index < -0.39 is 23.4 Å². The number of urea groups is 1. The summed E-state index contributed by atoms with van der Waals surface area (Å²) >= 11 is 0. The lowest BCUT2D eigenvalue weighted by Gasteiger charge is -2.34. The summed E-state index contributed by atoms with van der Waals surface area (Å²) in [5.41, 5.74) is 0.698. The Morgan fingerprint density at radius 3 is 2.55 bits per heavy atom. The number of hydrogen-bond acceptors (Lipinski definition) is 5. The third-order valence-corrected chi connectivity index (χ3v) is 6.01. The van der Waals surface area contributed by atoms with E-state index in [9.17, 15) is 19.2 Å². The number of rotatable bonds is 5. The molecule has 0 atom stereocenters. The van der Waals surface area contributed by atoms with Crippen molar-refractivity contribution in [1.82, 2.24) is 10.2 Å². The van der Waals surface area contributed by atoms with Gasteiger partial charge >= 0.3 is 12.0 Å². The Labute approximate surface area is 170 Å². The fraction of sp³-hybridized carbons (Fsp3) is 0.524. The van der Waals surface area contributed by atoms with Gasteiger partial charge in [0, 0.05) is 5.69 Å². The molecule has 1 aliphatic heterocycles. The zero-order chi connectivity index (χ0) is 21.2. The summed E-state index contributed by atoms with van der Waals surface area (Å²) in [7, 11) is 1.30. The summed E-state index contributed by atoms with van der Waals surface area (Å²) in [6.45, 7) is 3.53. The van der Waals surface area contributed by atoms with Crippen LogP contribution in [0, 0.1) is 12.8 Å². The molecule has 2 fully saturated rings. The Morgan fingerprint density at radius 1 is 1.28 bits per heavy atom. The largest absolute Gasteiger partial charge is 0.465 e. The molecule has 2 aliphatic rings. The van der Waals surface area contributed by atoms with Crippen molar-refractivity contribution in [2.45, 2.75) is 51.5 Å². The second-order valence-corrected chi connectivity index (χ2v) is 7.82. The fourth-order valence-corrected chi connectivity index (χ4v) is 4.12. The van der Waals surface area contributed by atoms with Crippen LogP contribution in [0.4, 0.5) is 10.5 Å². The van der Waals surface area contributed by atoms with Gasteiger partial charge in [-0.1, -0.05) is 13.3 Å². The Hall–Kier alpha value is -2.90. The Bertz CT molecular complexity index is 843. The lowest BCUT2D eigenvalue weighted by Crippen LogP contribution is -2.49. The molecule has 1 aromatic carbocycles. The van der Waals surface area contributed by atoms with Crippen LogP contribution in [0.15, 0.2) is 18.2 Å². The van der Waals surface area contributed by atoms with Crippen LogP contribution in [0.3, 0.4) is 0 Å². The van der Waals surface area contributed by atoms with E-state index >= 15 is 0 Å². The summed E-state index contributed by atoms with van der Waals surface area (Å²) in [6.07, 6.45) is 4.09. The predicted molar refractivity (Wildman–Crippen MR) is 106 cm³/mol. The minimum Gasteiger partial charge on any atom is -0.465 e. The highest BCUT2D eigenvalue weighted by Crippen LogP contribution is 2.37. The summed E-state index contributed by atoms with van der Waals surface area (Å²) in [6, 6.07) is 4.23. The zero-order valence-electron chi connectivity index (χ0n) is 17.0. The average Bonchev–Trinajstić information content (AvgIpc) is 2.93. The molecule has 29 heavy (non-hydrogen) atoms. The summed E-state index contributed by atoms with van der Waals surface area (Å²) in [5.74, 6) is -0.668. The van der Waals surface area contributed by atoms with Crippen molar-refractivity contribution < 1.29 is 23.9 Å². The fourth-order valence-electron chi connectivity index (χ4n) is 4.12. The molecule has 0 radical (unpaired) electrons. The molecule has 1 heterocycles. The topological polar surface area (TPSA) is 105 Å². The van der Waals surface area contributed by atoms with E-state index in [2.05, 4.69) is 22.3 Å². The molecule has 1 saturated carbocycles. The molecule has 2 N–H and O–H groups in total. The number of nitrogens with one attached hydrogen (secondary N) is 2. The van der Waals surface area contributed by atoms with Crippen molar-refractivity contribution in [3.63, 3.8) is 0 Å². The van der Waals surface area contributed by atoms with Crippen LogP contribution in [-0.2, 0) is 14.3 Å². The van der Waals surface area contributed by atoms with E-state index in [-0.39, 0.29) is 12.5 Å². The van der Waals surface area contributed by atoms with E-state index in [1.54, 1.807) is 25.1 Å². The van der Waals surface area contributed by atoms with Gasteiger partial charge in [0.2, 0.25) is 5.91 Å². The van der Waals surface area contributed by atoms with Crippen LogP contribution in [0.25, 0.3) is 0 Å². The van der Waals surface area contributed by atoms with E-state index in [1.165, 1.54) is 7.11 Å². The number of ether oxygens (including phenoxy) is 1. The number of carbonyl (C=O) groups is 4. The normalized spacial score (nSPS) is 23.8. The molecular weight excluding hydrogens is 374 g/mol. The first kappa shape index (κ1) is 20.8. The van der Waals surface area contributed by atoms with Gasteiger partial charge in [0.15, 0.2) is 0 Å². The number of anilines is 1. The number of methoxy groups -OCH3 is 1. The van der Waals surface area contributed by atoms with Gasteiger partial charge in [-0.15, -0.1) is 0 Å². The molecule has 0 unspecified atom stereocenters. The molecule has 8 nitrogen and oxygen atoms in total. The van der Waals surface area contributed by atoms with Crippen molar-refractivity contribution in [2.75, 3.05) is 19.0 Å². The molecule has 1 aliphatic carbocycles. The number of carbonyl (C=O) groups excluding carboxylic acids is 4. The first-order valence-corrected chi connectivity index (χ1v) is 9.92. The molecule has 1 aromatic rings. The van der Waals surface area contributed by atoms with Crippen LogP contribution in [0.1, 0.15) is 54.9 Å². The number of hydrogen-bond donors (Lipinski definition) is 2. The van der Waals surface area contributed by atoms with Gasteiger partial charge in [0.25, 0.3) is 5.91 Å². The highest BCUT2D eigenvalue weighted by molar-refractivity contribution is 6.10. The predicted octanol–water partition coefficient (Wildman–Crippen LogP) is 2.61. The average molecular weight is 401 g/mol. The van der Waals surface area contributed by atoms with Crippen LogP contribution in [-0.4, -0.2) is 47.9 Å². The highest BCUT2D eigenvalue weighted by atomic mass is 16.5. The number of imide groups is 1. The Morgan fingerprint density at radius 2 is 1.97 bits per heavy atom. The van der Waals surface area contributed by atoms with E-state index in [0.29, 0.717) is 35.6 Å². The maximum atomic E-state index is 12.9. The third-order valence-electron chi connectivity index (χ3n) is 6.01. The van der Waals surface area contributed by atoms with E-state index in [1.807, 2.05) is 0 Å². The molecule has 0 aromatic heterocycles. The minimum absolute atomic E-state index is 0.315. The molecule has 1 spiro atoms. The minimum atomic E-state index is -0.860. The molecule has 8 heteroatoms. The standard InChI is InChI=1S/C21H27N3O5/c1-4-14-7-9-21(10-8-14)19(27)24(20(28)23-21)12-17(25)22-16-6-5-15(11-13(16)2)18(26)29-3/h5-6,11,14H,4,7-10,12H2,1-3H3,(H,22,25)(H,23,28). The highest BCUT2D eigenvalue weighted by Gasteiger charge is 2.52.